The molecule has 8 heteroatoms. The van der Waals surface area contributed by atoms with E-state index in [1.165, 1.54) is 24.3 Å². The van der Waals surface area contributed by atoms with Gasteiger partial charge in [0.05, 0.1) is 24.5 Å². The Morgan fingerprint density at radius 1 is 1.25 bits per heavy atom. The molecule has 0 unspecified atom stereocenters. The topological polar surface area (TPSA) is 95.9 Å². The van der Waals surface area contributed by atoms with Crippen LogP contribution in [0.1, 0.15) is 5.56 Å². The van der Waals surface area contributed by atoms with Gasteiger partial charge in [-0.2, -0.15) is 0 Å². The molecule has 110 valence electrons. The van der Waals surface area contributed by atoms with Crippen molar-refractivity contribution >= 4 is 16.0 Å². The lowest BCUT2D eigenvalue weighted by Crippen LogP contribution is -2.48. The van der Waals surface area contributed by atoms with Crippen molar-refractivity contribution < 1.29 is 23.1 Å². The summed E-state index contributed by atoms with van der Waals surface area (Å²) in [6, 6.07) is 5.81. The highest BCUT2D eigenvalue weighted by atomic mass is 32.2. The molecule has 2 rings (SSSR count). The van der Waals surface area contributed by atoms with Crippen LogP contribution in [0.25, 0.3) is 0 Å². The molecule has 1 saturated heterocycles. The number of morpholine rings is 1. The summed E-state index contributed by atoms with van der Waals surface area (Å²) in [4.78, 5) is 13.2. The van der Waals surface area contributed by atoms with E-state index in [0.29, 0.717) is 31.9 Å². The number of hydrazine groups is 1. The van der Waals surface area contributed by atoms with E-state index in [-0.39, 0.29) is 11.3 Å². The van der Waals surface area contributed by atoms with E-state index in [0.717, 1.165) is 0 Å². The standard InChI is InChI=1S/C12H16N2O5S/c15-12(16)9-10-1-3-11(4-2-10)20(17,18)13-14-5-7-19-8-6-14/h1-4,13H,5-9H2,(H,15,16). The fourth-order valence-corrected chi connectivity index (χ4v) is 2.96. The van der Waals surface area contributed by atoms with Gasteiger partial charge in [-0.1, -0.05) is 12.1 Å². The minimum atomic E-state index is -3.63. The highest BCUT2D eigenvalue weighted by Crippen LogP contribution is 2.12. The minimum absolute atomic E-state index is 0.109. The smallest absolute Gasteiger partial charge is 0.307 e. The maximum Gasteiger partial charge on any atom is 0.307 e. The summed E-state index contributed by atoms with van der Waals surface area (Å²) in [5.41, 5.74) is 0.558. The number of sulfonamides is 1. The maximum absolute atomic E-state index is 12.1. The second kappa shape index (κ2) is 6.31. The molecule has 1 aromatic carbocycles. The Hall–Kier alpha value is -1.48. The second-order valence-corrected chi connectivity index (χ2v) is 6.07. The average molecular weight is 300 g/mol. The van der Waals surface area contributed by atoms with Crippen LogP contribution in [0.4, 0.5) is 0 Å². The fourth-order valence-electron chi connectivity index (χ4n) is 1.84. The van der Waals surface area contributed by atoms with Crippen molar-refractivity contribution in [1.29, 1.82) is 0 Å². The molecule has 0 radical (unpaired) electrons. The minimum Gasteiger partial charge on any atom is -0.481 e. The molecule has 1 aromatic rings. The van der Waals surface area contributed by atoms with Crippen LogP contribution < -0.4 is 4.83 Å². The van der Waals surface area contributed by atoms with E-state index < -0.39 is 16.0 Å². The van der Waals surface area contributed by atoms with Gasteiger partial charge in [-0.25, -0.2) is 13.4 Å². The normalized spacial score (nSPS) is 17.0. The Kier molecular flexibility index (Phi) is 4.71. The molecule has 0 spiro atoms. The molecule has 0 atom stereocenters. The summed E-state index contributed by atoms with van der Waals surface area (Å²) in [6.07, 6.45) is -0.128. The number of benzene rings is 1. The molecule has 1 heterocycles. The Labute approximate surface area is 117 Å². The molecule has 0 bridgehead atoms. The SMILES string of the molecule is O=C(O)Cc1ccc(S(=O)(=O)NN2CCOCC2)cc1. The number of carboxylic acid groups (broad SMARTS) is 1. The molecule has 0 aliphatic carbocycles. The van der Waals surface area contributed by atoms with Crippen LogP contribution in [-0.4, -0.2) is 50.8 Å². The van der Waals surface area contributed by atoms with Gasteiger partial charge in [-0.3, -0.25) is 4.79 Å². The number of ether oxygens (including phenoxy) is 1. The molecular weight excluding hydrogens is 284 g/mol. The lowest BCUT2D eigenvalue weighted by Gasteiger charge is -2.26. The van der Waals surface area contributed by atoms with Gasteiger partial charge in [-0.05, 0) is 17.7 Å². The first kappa shape index (κ1) is 14.9. The Morgan fingerprint density at radius 2 is 1.85 bits per heavy atom. The molecular formula is C12H16N2O5S. The summed E-state index contributed by atoms with van der Waals surface area (Å²) in [6.45, 7) is 1.97. The molecule has 20 heavy (non-hydrogen) atoms. The molecule has 0 amide bonds. The van der Waals surface area contributed by atoms with Crippen LogP contribution >= 0.6 is 0 Å². The van der Waals surface area contributed by atoms with E-state index in [1.807, 2.05) is 0 Å². The molecule has 1 fully saturated rings. The van der Waals surface area contributed by atoms with Crippen molar-refractivity contribution in [1.82, 2.24) is 9.84 Å². The molecule has 0 aromatic heterocycles. The summed E-state index contributed by atoms with van der Waals surface area (Å²) in [5, 5.41) is 10.3. The summed E-state index contributed by atoms with van der Waals surface area (Å²) in [5.74, 6) is -0.952. The van der Waals surface area contributed by atoms with Gasteiger partial charge in [0.1, 0.15) is 0 Å². The average Bonchev–Trinajstić information content (AvgIpc) is 2.39. The Balaban J connectivity index is 2.06. The number of hydrogen-bond acceptors (Lipinski definition) is 5. The number of nitrogens with one attached hydrogen (secondary N) is 1. The van der Waals surface area contributed by atoms with Crippen molar-refractivity contribution in [3.8, 4) is 0 Å². The quantitative estimate of drug-likeness (QED) is 0.784. The highest BCUT2D eigenvalue weighted by molar-refractivity contribution is 7.89. The van der Waals surface area contributed by atoms with E-state index in [4.69, 9.17) is 9.84 Å². The lowest BCUT2D eigenvalue weighted by molar-refractivity contribution is -0.136. The first-order valence-corrected chi connectivity index (χ1v) is 7.61. The van der Waals surface area contributed by atoms with Crippen LogP contribution in [0, 0.1) is 0 Å². The van der Waals surface area contributed by atoms with E-state index >= 15 is 0 Å². The van der Waals surface area contributed by atoms with Crippen molar-refractivity contribution in [3.63, 3.8) is 0 Å². The predicted molar refractivity (Wildman–Crippen MR) is 70.5 cm³/mol. The Bertz CT molecular complexity index is 564. The monoisotopic (exact) mass is 300 g/mol. The third-order valence-electron chi connectivity index (χ3n) is 2.85. The van der Waals surface area contributed by atoms with Crippen molar-refractivity contribution in [2.45, 2.75) is 11.3 Å². The largest absolute Gasteiger partial charge is 0.481 e. The van der Waals surface area contributed by atoms with Crippen molar-refractivity contribution in [2.75, 3.05) is 26.3 Å². The zero-order chi connectivity index (χ0) is 14.6. The summed E-state index contributed by atoms with van der Waals surface area (Å²) >= 11 is 0. The van der Waals surface area contributed by atoms with Gasteiger partial charge in [0.2, 0.25) is 0 Å². The summed E-state index contributed by atoms with van der Waals surface area (Å²) in [7, 11) is -3.63. The predicted octanol–water partition coefficient (Wildman–Crippen LogP) is -0.161. The van der Waals surface area contributed by atoms with Crippen LogP contribution in [0.5, 0.6) is 0 Å². The summed E-state index contributed by atoms with van der Waals surface area (Å²) < 4.78 is 29.4. The molecule has 7 nitrogen and oxygen atoms in total. The number of carboxylic acids is 1. The molecule has 0 saturated carbocycles. The number of aliphatic carboxylic acids is 1. The van der Waals surface area contributed by atoms with Crippen molar-refractivity contribution in [2.24, 2.45) is 0 Å². The van der Waals surface area contributed by atoms with Crippen LogP contribution in [-0.2, 0) is 26.0 Å². The fraction of sp³-hybridized carbons (Fsp3) is 0.417. The lowest BCUT2D eigenvalue weighted by atomic mass is 10.2. The molecule has 1 aliphatic rings. The highest BCUT2D eigenvalue weighted by Gasteiger charge is 2.20. The van der Waals surface area contributed by atoms with E-state index in [2.05, 4.69) is 4.83 Å². The third kappa shape index (κ3) is 4.01. The second-order valence-electron chi connectivity index (χ2n) is 4.41. The zero-order valence-electron chi connectivity index (χ0n) is 10.8. The first-order chi connectivity index (χ1) is 9.47. The molecule has 1 aliphatic heterocycles. The van der Waals surface area contributed by atoms with Gasteiger partial charge in [0.25, 0.3) is 10.0 Å². The van der Waals surface area contributed by atoms with Gasteiger partial charge in [-0.15, -0.1) is 4.83 Å². The van der Waals surface area contributed by atoms with Gasteiger partial charge in [0.15, 0.2) is 0 Å². The number of carbonyl (C=O) groups is 1. The number of rotatable bonds is 5. The number of nitrogens with zero attached hydrogens (tertiary/aromatic N) is 1. The van der Waals surface area contributed by atoms with Crippen LogP contribution in [0.15, 0.2) is 29.2 Å². The van der Waals surface area contributed by atoms with Crippen LogP contribution in [0.2, 0.25) is 0 Å². The Morgan fingerprint density at radius 3 is 2.40 bits per heavy atom. The zero-order valence-corrected chi connectivity index (χ0v) is 11.6. The first-order valence-electron chi connectivity index (χ1n) is 6.13. The third-order valence-corrected chi connectivity index (χ3v) is 4.24. The van der Waals surface area contributed by atoms with Gasteiger partial charge >= 0.3 is 5.97 Å². The maximum atomic E-state index is 12.1. The van der Waals surface area contributed by atoms with Gasteiger partial charge in [0, 0.05) is 13.1 Å². The van der Waals surface area contributed by atoms with E-state index in [9.17, 15) is 13.2 Å². The van der Waals surface area contributed by atoms with Crippen molar-refractivity contribution in [3.05, 3.63) is 29.8 Å². The molecule has 2 N–H and O–H groups in total. The number of hydrogen-bond donors (Lipinski definition) is 2. The van der Waals surface area contributed by atoms with Gasteiger partial charge < -0.3 is 9.84 Å². The van der Waals surface area contributed by atoms with Crippen LogP contribution in [0.3, 0.4) is 0 Å². The van der Waals surface area contributed by atoms with E-state index in [1.54, 1.807) is 5.01 Å².